The number of nitrogens with zero attached hydrogens (tertiary/aromatic N) is 4. The third-order valence-corrected chi connectivity index (χ3v) is 5.35. The summed E-state index contributed by atoms with van der Waals surface area (Å²) in [6.45, 7) is 3.94. The molecular weight excluding hydrogens is 352 g/mol. The fourth-order valence-corrected chi connectivity index (χ4v) is 3.92. The molecule has 1 aliphatic heterocycles. The quantitative estimate of drug-likeness (QED) is 0.689. The van der Waals surface area contributed by atoms with Crippen LogP contribution < -0.4 is 9.64 Å². The van der Waals surface area contributed by atoms with Crippen LogP contribution in [0.5, 0.6) is 5.75 Å². The van der Waals surface area contributed by atoms with Gasteiger partial charge in [-0.2, -0.15) is 10.1 Å². The van der Waals surface area contributed by atoms with Crippen molar-refractivity contribution in [1.29, 1.82) is 0 Å². The van der Waals surface area contributed by atoms with Crippen LogP contribution in [-0.2, 0) is 4.79 Å². The molecule has 1 aromatic heterocycles. The molecule has 2 heterocycles. The first kappa shape index (κ1) is 18.2. The van der Waals surface area contributed by atoms with Crippen LogP contribution in [0.3, 0.4) is 0 Å². The molecule has 0 saturated heterocycles. The number of para-hydroxylation sites is 1. The van der Waals surface area contributed by atoms with Gasteiger partial charge in [0, 0.05) is 12.0 Å². The first-order chi connectivity index (χ1) is 13.6. The molecule has 4 rings (SSSR count). The highest BCUT2D eigenvalue weighted by Gasteiger charge is 2.39. The highest BCUT2D eigenvalue weighted by molar-refractivity contribution is 5.92. The van der Waals surface area contributed by atoms with Crippen LogP contribution in [0, 0.1) is 6.92 Å². The summed E-state index contributed by atoms with van der Waals surface area (Å²) >= 11 is 0. The number of ether oxygens (including phenoxy) is 1. The summed E-state index contributed by atoms with van der Waals surface area (Å²) in [5.74, 6) is 1.43. The van der Waals surface area contributed by atoms with E-state index >= 15 is 0 Å². The van der Waals surface area contributed by atoms with E-state index in [2.05, 4.69) is 47.3 Å². The highest BCUT2D eigenvalue weighted by atomic mass is 16.5. The monoisotopic (exact) mass is 376 g/mol. The van der Waals surface area contributed by atoms with Gasteiger partial charge >= 0.3 is 0 Å². The summed E-state index contributed by atoms with van der Waals surface area (Å²) in [7, 11) is 1.67. The molecular formula is C22H24N4O2. The van der Waals surface area contributed by atoms with E-state index in [1.165, 1.54) is 11.9 Å². The maximum absolute atomic E-state index is 12.9. The molecule has 0 aliphatic carbocycles. The number of hydrogen-bond acceptors (Lipinski definition) is 4. The molecule has 1 amide bonds. The van der Waals surface area contributed by atoms with Crippen molar-refractivity contribution in [2.75, 3.05) is 12.0 Å². The Hall–Kier alpha value is -3.15. The van der Waals surface area contributed by atoms with Gasteiger partial charge in [0.15, 0.2) is 0 Å². The van der Waals surface area contributed by atoms with Gasteiger partial charge in [-0.05, 0) is 25.0 Å². The standard InChI is InChI=1S/C22H24N4O2/c1-4-21(27)25-18(16-11-9-15(2)10-12-16)13-19(26-22(25)23-14-24-26)17-7-5-6-8-20(17)28-3/h5-12,14,18-19H,4,13H2,1-3H3/t18-,19-/m1/s1. The van der Waals surface area contributed by atoms with Crippen LogP contribution in [0.2, 0.25) is 0 Å². The lowest BCUT2D eigenvalue weighted by molar-refractivity contribution is -0.119. The van der Waals surface area contributed by atoms with Crippen LogP contribution in [0.15, 0.2) is 54.9 Å². The molecule has 0 fully saturated rings. The number of methoxy groups -OCH3 is 1. The van der Waals surface area contributed by atoms with E-state index in [0.29, 0.717) is 18.8 Å². The average Bonchev–Trinajstić information content (AvgIpc) is 3.22. The predicted octanol–water partition coefficient (Wildman–Crippen LogP) is 4.07. The first-order valence-corrected chi connectivity index (χ1v) is 9.55. The lowest BCUT2D eigenvalue weighted by Gasteiger charge is -2.39. The van der Waals surface area contributed by atoms with Crippen molar-refractivity contribution in [3.63, 3.8) is 0 Å². The van der Waals surface area contributed by atoms with Crippen molar-refractivity contribution in [3.05, 3.63) is 71.5 Å². The number of rotatable bonds is 4. The smallest absolute Gasteiger partial charge is 0.231 e. The van der Waals surface area contributed by atoms with Crippen molar-refractivity contribution < 1.29 is 9.53 Å². The van der Waals surface area contributed by atoms with E-state index < -0.39 is 0 Å². The molecule has 0 N–H and O–H groups in total. The average molecular weight is 376 g/mol. The topological polar surface area (TPSA) is 60.2 Å². The normalized spacial score (nSPS) is 18.6. The van der Waals surface area contributed by atoms with Crippen LogP contribution in [-0.4, -0.2) is 27.8 Å². The summed E-state index contributed by atoms with van der Waals surface area (Å²) < 4.78 is 7.44. The Balaban J connectivity index is 1.86. The Kier molecular flexibility index (Phi) is 4.86. The van der Waals surface area contributed by atoms with Crippen LogP contribution in [0.4, 0.5) is 5.95 Å². The van der Waals surface area contributed by atoms with E-state index in [-0.39, 0.29) is 18.0 Å². The predicted molar refractivity (Wildman–Crippen MR) is 107 cm³/mol. The first-order valence-electron chi connectivity index (χ1n) is 9.55. The molecule has 3 aromatic rings. The third kappa shape index (κ3) is 3.05. The SMILES string of the molecule is CCC(=O)N1c2ncnn2[C@@H](c2ccccc2OC)C[C@@H]1c1ccc(C)cc1. The zero-order valence-electron chi connectivity index (χ0n) is 16.4. The van der Waals surface area contributed by atoms with Gasteiger partial charge in [-0.25, -0.2) is 4.68 Å². The van der Waals surface area contributed by atoms with Gasteiger partial charge < -0.3 is 4.74 Å². The number of fused-ring (bicyclic) bond motifs is 1. The third-order valence-electron chi connectivity index (χ3n) is 5.35. The lowest BCUT2D eigenvalue weighted by atomic mass is 9.91. The minimum Gasteiger partial charge on any atom is -0.496 e. The number of aryl methyl sites for hydroxylation is 1. The minimum atomic E-state index is -0.111. The Morgan fingerprint density at radius 3 is 2.61 bits per heavy atom. The van der Waals surface area contributed by atoms with Crippen molar-refractivity contribution in [2.45, 2.75) is 38.8 Å². The van der Waals surface area contributed by atoms with Gasteiger partial charge in [-0.15, -0.1) is 0 Å². The fourth-order valence-electron chi connectivity index (χ4n) is 3.92. The molecule has 2 aromatic carbocycles. The summed E-state index contributed by atoms with van der Waals surface area (Å²) in [6.07, 6.45) is 2.63. The Morgan fingerprint density at radius 1 is 1.14 bits per heavy atom. The fraction of sp³-hybridized carbons (Fsp3) is 0.318. The number of hydrogen-bond donors (Lipinski definition) is 0. The zero-order valence-corrected chi connectivity index (χ0v) is 16.4. The van der Waals surface area contributed by atoms with E-state index in [1.807, 2.05) is 29.8 Å². The van der Waals surface area contributed by atoms with Gasteiger partial charge in [-0.3, -0.25) is 9.69 Å². The van der Waals surface area contributed by atoms with Gasteiger partial charge in [0.2, 0.25) is 11.9 Å². The van der Waals surface area contributed by atoms with Crippen molar-refractivity contribution in [2.24, 2.45) is 0 Å². The largest absolute Gasteiger partial charge is 0.496 e. The van der Waals surface area contributed by atoms with E-state index in [9.17, 15) is 4.79 Å². The minimum absolute atomic E-state index is 0.0401. The van der Waals surface area contributed by atoms with Gasteiger partial charge in [0.25, 0.3) is 0 Å². The molecule has 6 heteroatoms. The molecule has 144 valence electrons. The molecule has 0 radical (unpaired) electrons. The zero-order chi connectivity index (χ0) is 19.7. The van der Waals surface area contributed by atoms with E-state index in [0.717, 1.165) is 16.9 Å². The van der Waals surface area contributed by atoms with Gasteiger partial charge in [0.05, 0.1) is 19.2 Å². The Labute approximate surface area is 164 Å². The molecule has 0 unspecified atom stereocenters. The number of benzene rings is 2. The lowest BCUT2D eigenvalue weighted by Crippen LogP contribution is -2.42. The second-order valence-corrected chi connectivity index (χ2v) is 7.04. The molecule has 0 bridgehead atoms. The molecule has 6 nitrogen and oxygen atoms in total. The van der Waals surface area contributed by atoms with Crippen LogP contribution >= 0.6 is 0 Å². The van der Waals surface area contributed by atoms with E-state index in [1.54, 1.807) is 12.0 Å². The summed E-state index contributed by atoms with van der Waals surface area (Å²) in [4.78, 5) is 19.1. The number of anilines is 1. The summed E-state index contributed by atoms with van der Waals surface area (Å²) in [5, 5.41) is 4.46. The maximum Gasteiger partial charge on any atom is 0.231 e. The van der Waals surface area contributed by atoms with Crippen molar-refractivity contribution in [1.82, 2.24) is 14.8 Å². The molecule has 0 spiro atoms. The Morgan fingerprint density at radius 2 is 1.89 bits per heavy atom. The van der Waals surface area contributed by atoms with Crippen LogP contribution in [0.25, 0.3) is 0 Å². The second-order valence-electron chi connectivity index (χ2n) is 7.04. The van der Waals surface area contributed by atoms with Gasteiger partial charge in [0.1, 0.15) is 12.1 Å². The summed E-state index contributed by atoms with van der Waals surface area (Å²) in [5.41, 5.74) is 3.33. The number of amides is 1. The molecule has 0 saturated carbocycles. The molecule has 1 aliphatic rings. The second kappa shape index (κ2) is 7.46. The van der Waals surface area contributed by atoms with Crippen LogP contribution in [0.1, 0.15) is 48.5 Å². The Bertz CT molecular complexity index is 980. The molecule has 28 heavy (non-hydrogen) atoms. The number of aromatic nitrogens is 3. The molecule has 2 atom stereocenters. The van der Waals surface area contributed by atoms with Crippen molar-refractivity contribution >= 4 is 11.9 Å². The van der Waals surface area contributed by atoms with E-state index in [4.69, 9.17) is 4.74 Å². The van der Waals surface area contributed by atoms with Crippen molar-refractivity contribution in [3.8, 4) is 5.75 Å². The number of carbonyl (C=O) groups excluding carboxylic acids is 1. The van der Waals surface area contributed by atoms with Gasteiger partial charge in [-0.1, -0.05) is 55.0 Å². The number of carbonyl (C=O) groups is 1. The summed E-state index contributed by atoms with van der Waals surface area (Å²) in [6, 6.07) is 16.2. The maximum atomic E-state index is 12.9. The highest BCUT2D eigenvalue weighted by Crippen LogP contribution is 2.44.